The molecule has 1 aromatic carbocycles. The molecule has 1 aromatic heterocycles. The SMILES string of the molecule is CC(C)CN(CCC(N)=S)c1cnnc2ccccc12. The Kier molecular flexibility index (Phi) is 4.84. The average molecular weight is 288 g/mol. The Labute approximate surface area is 125 Å². The number of fused-ring (bicyclic) bond motifs is 1. The highest BCUT2D eigenvalue weighted by molar-refractivity contribution is 7.80. The van der Waals surface area contributed by atoms with Crippen molar-refractivity contribution >= 4 is 33.8 Å². The Hall–Kier alpha value is -1.75. The third-order valence-corrected chi connectivity index (χ3v) is 3.28. The van der Waals surface area contributed by atoms with Crippen LogP contribution in [0.15, 0.2) is 30.5 Å². The minimum Gasteiger partial charge on any atom is -0.393 e. The first kappa shape index (κ1) is 14.7. The Bertz CT molecular complexity index is 592. The van der Waals surface area contributed by atoms with E-state index in [1.807, 2.05) is 24.4 Å². The van der Waals surface area contributed by atoms with Gasteiger partial charge in [0.05, 0.1) is 22.4 Å². The van der Waals surface area contributed by atoms with Crippen LogP contribution in [0.4, 0.5) is 5.69 Å². The minimum atomic E-state index is 0.546. The van der Waals surface area contributed by atoms with Crippen LogP contribution in [0.1, 0.15) is 20.3 Å². The number of rotatable bonds is 6. The molecule has 20 heavy (non-hydrogen) atoms. The van der Waals surface area contributed by atoms with Crippen molar-refractivity contribution in [2.75, 3.05) is 18.0 Å². The summed E-state index contributed by atoms with van der Waals surface area (Å²) in [6, 6.07) is 8.05. The summed E-state index contributed by atoms with van der Waals surface area (Å²) in [6.45, 7) is 6.15. The summed E-state index contributed by atoms with van der Waals surface area (Å²) in [5.41, 5.74) is 7.65. The Morgan fingerprint density at radius 3 is 2.80 bits per heavy atom. The number of thiocarbonyl (C=S) groups is 1. The lowest BCUT2D eigenvalue weighted by Crippen LogP contribution is -2.31. The molecule has 5 heteroatoms. The van der Waals surface area contributed by atoms with Crippen LogP contribution in [0, 0.1) is 5.92 Å². The molecule has 0 aliphatic rings. The van der Waals surface area contributed by atoms with Gasteiger partial charge in [-0.05, 0) is 12.0 Å². The zero-order valence-corrected chi connectivity index (χ0v) is 12.7. The Balaban J connectivity index is 2.36. The van der Waals surface area contributed by atoms with E-state index in [9.17, 15) is 0 Å². The van der Waals surface area contributed by atoms with Gasteiger partial charge in [0.2, 0.25) is 0 Å². The van der Waals surface area contributed by atoms with Gasteiger partial charge in [0.15, 0.2) is 0 Å². The van der Waals surface area contributed by atoms with Gasteiger partial charge in [-0.15, -0.1) is 0 Å². The predicted molar refractivity (Wildman–Crippen MR) is 88.0 cm³/mol. The standard InChI is InChI=1S/C15H20N4S/c1-11(2)10-19(8-7-15(16)20)14-9-17-18-13-6-4-3-5-12(13)14/h3-6,9,11H,7-8,10H2,1-2H3,(H2,16,20). The van der Waals surface area contributed by atoms with Crippen molar-refractivity contribution in [1.82, 2.24) is 10.2 Å². The lowest BCUT2D eigenvalue weighted by Gasteiger charge is -2.27. The molecule has 0 atom stereocenters. The molecule has 2 aromatic rings. The molecule has 0 aliphatic carbocycles. The molecule has 0 saturated heterocycles. The zero-order chi connectivity index (χ0) is 14.5. The van der Waals surface area contributed by atoms with Crippen molar-refractivity contribution in [2.24, 2.45) is 11.7 Å². The number of nitrogens with two attached hydrogens (primary N) is 1. The molecule has 2 N–H and O–H groups in total. The Morgan fingerprint density at radius 2 is 2.10 bits per heavy atom. The van der Waals surface area contributed by atoms with Gasteiger partial charge in [-0.2, -0.15) is 10.2 Å². The first-order valence-corrected chi connectivity index (χ1v) is 7.22. The highest BCUT2D eigenvalue weighted by Gasteiger charge is 2.13. The fourth-order valence-corrected chi connectivity index (χ4v) is 2.33. The fraction of sp³-hybridized carbons (Fsp3) is 0.400. The van der Waals surface area contributed by atoms with Gasteiger partial charge < -0.3 is 10.6 Å². The second-order valence-electron chi connectivity index (χ2n) is 5.30. The van der Waals surface area contributed by atoms with E-state index in [-0.39, 0.29) is 0 Å². The van der Waals surface area contributed by atoms with E-state index in [1.165, 1.54) is 0 Å². The van der Waals surface area contributed by atoms with Crippen LogP contribution in [0.3, 0.4) is 0 Å². The molecule has 0 bridgehead atoms. The molecule has 4 nitrogen and oxygen atoms in total. The summed E-state index contributed by atoms with van der Waals surface area (Å²) in [6.07, 6.45) is 2.53. The molecule has 2 rings (SSSR count). The number of aromatic nitrogens is 2. The first-order chi connectivity index (χ1) is 9.58. The van der Waals surface area contributed by atoms with Crippen molar-refractivity contribution in [1.29, 1.82) is 0 Å². The van der Waals surface area contributed by atoms with E-state index < -0.39 is 0 Å². The molecular weight excluding hydrogens is 268 g/mol. The lowest BCUT2D eigenvalue weighted by atomic mass is 10.1. The van der Waals surface area contributed by atoms with Gasteiger partial charge in [-0.3, -0.25) is 0 Å². The molecular formula is C15H20N4S. The third-order valence-electron chi connectivity index (χ3n) is 3.08. The maximum Gasteiger partial charge on any atom is 0.0950 e. The first-order valence-electron chi connectivity index (χ1n) is 6.81. The van der Waals surface area contributed by atoms with E-state index >= 15 is 0 Å². The Morgan fingerprint density at radius 1 is 1.35 bits per heavy atom. The van der Waals surface area contributed by atoms with Crippen LogP contribution in [-0.2, 0) is 0 Å². The van der Waals surface area contributed by atoms with Crippen LogP contribution in [-0.4, -0.2) is 28.3 Å². The van der Waals surface area contributed by atoms with Gasteiger partial charge >= 0.3 is 0 Å². The monoisotopic (exact) mass is 288 g/mol. The number of anilines is 1. The maximum absolute atomic E-state index is 5.64. The molecule has 0 spiro atoms. The number of nitrogens with zero attached hydrogens (tertiary/aromatic N) is 3. The van der Waals surface area contributed by atoms with Crippen LogP contribution < -0.4 is 10.6 Å². The van der Waals surface area contributed by atoms with Crippen molar-refractivity contribution < 1.29 is 0 Å². The molecule has 0 amide bonds. The lowest BCUT2D eigenvalue weighted by molar-refractivity contribution is 0.614. The summed E-state index contributed by atoms with van der Waals surface area (Å²) < 4.78 is 0. The second-order valence-corrected chi connectivity index (χ2v) is 5.83. The van der Waals surface area contributed by atoms with Gasteiger partial charge in [0.1, 0.15) is 0 Å². The normalized spacial score (nSPS) is 10.9. The van der Waals surface area contributed by atoms with Gasteiger partial charge in [0.25, 0.3) is 0 Å². The van der Waals surface area contributed by atoms with Crippen LogP contribution in [0.25, 0.3) is 10.9 Å². The minimum absolute atomic E-state index is 0.546. The highest BCUT2D eigenvalue weighted by Crippen LogP contribution is 2.25. The highest BCUT2D eigenvalue weighted by atomic mass is 32.1. The van der Waals surface area contributed by atoms with Gasteiger partial charge in [-0.25, -0.2) is 0 Å². The molecule has 0 fully saturated rings. The number of hydrogen-bond donors (Lipinski definition) is 1. The molecule has 0 saturated carbocycles. The molecule has 106 valence electrons. The van der Waals surface area contributed by atoms with Crippen molar-refractivity contribution in [3.05, 3.63) is 30.5 Å². The van der Waals surface area contributed by atoms with Gasteiger partial charge in [-0.1, -0.05) is 44.3 Å². The van der Waals surface area contributed by atoms with Gasteiger partial charge in [0, 0.05) is 24.9 Å². The summed E-state index contributed by atoms with van der Waals surface area (Å²) >= 11 is 5.00. The van der Waals surface area contributed by atoms with Crippen LogP contribution in [0.2, 0.25) is 0 Å². The molecule has 0 aliphatic heterocycles. The maximum atomic E-state index is 5.64. The quantitative estimate of drug-likeness (QED) is 0.828. The van der Waals surface area contributed by atoms with E-state index in [4.69, 9.17) is 18.0 Å². The zero-order valence-electron chi connectivity index (χ0n) is 11.9. The van der Waals surface area contributed by atoms with E-state index in [0.717, 1.165) is 29.7 Å². The average Bonchev–Trinajstić information content (AvgIpc) is 2.42. The summed E-state index contributed by atoms with van der Waals surface area (Å²) in [4.78, 5) is 2.84. The largest absolute Gasteiger partial charge is 0.393 e. The van der Waals surface area contributed by atoms with Crippen molar-refractivity contribution in [3.8, 4) is 0 Å². The van der Waals surface area contributed by atoms with E-state index in [1.54, 1.807) is 0 Å². The molecule has 0 radical (unpaired) electrons. The third kappa shape index (κ3) is 3.63. The number of benzene rings is 1. The number of hydrogen-bond acceptors (Lipinski definition) is 4. The second kappa shape index (κ2) is 6.61. The van der Waals surface area contributed by atoms with Crippen LogP contribution >= 0.6 is 12.2 Å². The predicted octanol–water partition coefficient (Wildman–Crippen LogP) is 2.77. The molecule has 0 unspecified atom stereocenters. The molecule has 1 heterocycles. The summed E-state index contributed by atoms with van der Waals surface area (Å²) in [5.74, 6) is 0.549. The van der Waals surface area contributed by atoms with Crippen molar-refractivity contribution in [2.45, 2.75) is 20.3 Å². The topological polar surface area (TPSA) is 55.0 Å². The summed E-state index contributed by atoms with van der Waals surface area (Å²) in [5, 5.41) is 9.40. The fourth-order valence-electron chi connectivity index (χ4n) is 2.24. The summed E-state index contributed by atoms with van der Waals surface area (Å²) in [7, 11) is 0. The van der Waals surface area contributed by atoms with E-state index in [2.05, 4.69) is 35.0 Å². The van der Waals surface area contributed by atoms with Crippen molar-refractivity contribution in [3.63, 3.8) is 0 Å². The smallest absolute Gasteiger partial charge is 0.0950 e. The van der Waals surface area contributed by atoms with E-state index in [0.29, 0.717) is 17.3 Å². The van der Waals surface area contributed by atoms with Crippen LogP contribution in [0.5, 0.6) is 0 Å².